The van der Waals surface area contributed by atoms with Crippen LogP contribution in [0.25, 0.3) is 6.08 Å². The van der Waals surface area contributed by atoms with Gasteiger partial charge in [0.25, 0.3) is 5.91 Å². The van der Waals surface area contributed by atoms with Gasteiger partial charge in [0.2, 0.25) is 0 Å². The van der Waals surface area contributed by atoms with Crippen molar-refractivity contribution >= 4 is 46.2 Å². The number of rotatable bonds is 3. The zero-order chi connectivity index (χ0) is 21.2. The number of halogens is 1. The summed E-state index contributed by atoms with van der Waals surface area (Å²) in [6, 6.07) is 25.8. The highest BCUT2D eigenvalue weighted by molar-refractivity contribution is 8.18. The largest absolute Gasteiger partial charge is 0.279 e. The molecule has 3 nitrogen and oxygen atoms in total. The second-order valence-electron chi connectivity index (χ2n) is 7.67. The Kier molecular flexibility index (Phi) is 5.66. The third-order valence-corrected chi connectivity index (χ3v) is 6.87. The summed E-state index contributed by atoms with van der Waals surface area (Å²) in [5, 5.41) is 1.41. The molecule has 5 rings (SSSR count). The summed E-state index contributed by atoms with van der Waals surface area (Å²) in [5.41, 5.74) is 4.35. The molecule has 3 aromatic rings. The molecule has 154 valence electrons. The van der Waals surface area contributed by atoms with Crippen LogP contribution >= 0.6 is 23.4 Å². The summed E-state index contributed by atoms with van der Waals surface area (Å²) in [7, 11) is 0. The maximum atomic E-state index is 13.6. The molecule has 1 amide bonds. The van der Waals surface area contributed by atoms with E-state index in [-0.39, 0.29) is 11.9 Å². The number of benzene rings is 3. The van der Waals surface area contributed by atoms with Crippen LogP contribution in [0, 0.1) is 0 Å². The standard InChI is InChI=1S/C26H21ClN2OS/c27-20-15-13-18(14-16-20)17-24-25(30)29(26(31-24)28-21-9-2-1-3-10-21)23-12-6-8-19-7-4-5-11-22(19)23/h1-5,7,9-11,13-17,23H,6,8,12H2/b24-17+,28-26?. The molecule has 1 aliphatic heterocycles. The first kappa shape index (κ1) is 20.1. The van der Waals surface area contributed by atoms with Crippen LogP contribution in [-0.4, -0.2) is 16.0 Å². The number of nitrogens with zero attached hydrogens (tertiary/aromatic N) is 2. The van der Waals surface area contributed by atoms with E-state index >= 15 is 0 Å². The normalized spacial score (nSPS) is 21.0. The van der Waals surface area contributed by atoms with E-state index in [0.717, 1.165) is 35.7 Å². The summed E-state index contributed by atoms with van der Waals surface area (Å²) < 4.78 is 0. The van der Waals surface area contributed by atoms with Gasteiger partial charge in [0, 0.05) is 5.02 Å². The summed E-state index contributed by atoms with van der Waals surface area (Å²) >= 11 is 7.47. The van der Waals surface area contributed by atoms with Gasteiger partial charge in [-0.3, -0.25) is 9.69 Å². The monoisotopic (exact) mass is 444 g/mol. The summed E-state index contributed by atoms with van der Waals surface area (Å²) in [5.74, 6) is 0.0105. The van der Waals surface area contributed by atoms with Crippen LogP contribution in [0.15, 0.2) is 88.8 Å². The molecule has 1 atom stereocenters. The average Bonchev–Trinajstić information content (AvgIpc) is 3.10. The molecule has 1 saturated heterocycles. The minimum Gasteiger partial charge on any atom is -0.279 e. The Balaban J connectivity index is 1.57. The Morgan fingerprint density at radius 3 is 2.52 bits per heavy atom. The van der Waals surface area contributed by atoms with Gasteiger partial charge in [-0.2, -0.15) is 0 Å². The highest BCUT2D eigenvalue weighted by Gasteiger charge is 2.40. The first-order chi connectivity index (χ1) is 15.2. The number of aliphatic imine (C=N–C) groups is 1. The van der Waals surface area contributed by atoms with Gasteiger partial charge < -0.3 is 0 Å². The van der Waals surface area contributed by atoms with Gasteiger partial charge in [0.05, 0.1) is 16.6 Å². The van der Waals surface area contributed by atoms with E-state index in [0.29, 0.717) is 9.93 Å². The van der Waals surface area contributed by atoms with Gasteiger partial charge in [-0.15, -0.1) is 0 Å². The Hall–Kier alpha value is -2.82. The van der Waals surface area contributed by atoms with Crippen molar-refractivity contribution in [3.63, 3.8) is 0 Å². The van der Waals surface area contributed by atoms with Gasteiger partial charge in [-0.1, -0.05) is 66.2 Å². The topological polar surface area (TPSA) is 32.7 Å². The number of hydrogen-bond acceptors (Lipinski definition) is 3. The average molecular weight is 445 g/mol. The lowest BCUT2D eigenvalue weighted by atomic mass is 9.87. The molecule has 0 saturated carbocycles. The van der Waals surface area contributed by atoms with Crippen molar-refractivity contribution < 1.29 is 4.79 Å². The summed E-state index contributed by atoms with van der Waals surface area (Å²) in [4.78, 5) is 21.1. The van der Waals surface area contributed by atoms with Crippen LogP contribution in [0.3, 0.4) is 0 Å². The fourth-order valence-corrected chi connectivity index (χ4v) is 5.32. The fraction of sp³-hybridized carbons (Fsp3) is 0.154. The predicted octanol–water partition coefficient (Wildman–Crippen LogP) is 7.02. The highest BCUT2D eigenvalue weighted by atomic mass is 35.5. The number of carbonyl (C=O) groups is 1. The van der Waals surface area contributed by atoms with Crippen LogP contribution < -0.4 is 0 Å². The molecule has 1 unspecified atom stereocenters. The molecular formula is C26H21ClN2OS. The number of aryl methyl sites for hydroxylation is 1. The molecule has 3 aromatic carbocycles. The van der Waals surface area contributed by atoms with Gasteiger partial charge in [-0.25, -0.2) is 4.99 Å². The second-order valence-corrected chi connectivity index (χ2v) is 9.12. The maximum Gasteiger partial charge on any atom is 0.267 e. The van der Waals surface area contributed by atoms with Crippen molar-refractivity contribution in [1.29, 1.82) is 0 Å². The molecule has 1 fully saturated rings. The summed E-state index contributed by atoms with van der Waals surface area (Å²) in [6.07, 6.45) is 4.98. The first-order valence-corrected chi connectivity index (χ1v) is 11.6. The van der Waals surface area contributed by atoms with Gasteiger partial charge >= 0.3 is 0 Å². The van der Waals surface area contributed by atoms with E-state index in [9.17, 15) is 4.79 Å². The second kappa shape index (κ2) is 8.74. The van der Waals surface area contributed by atoms with Crippen molar-refractivity contribution in [2.75, 3.05) is 0 Å². The molecule has 1 aliphatic carbocycles. The molecule has 0 N–H and O–H groups in total. The zero-order valence-electron chi connectivity index (χ0n) is 16.9. The van der Waals surface area contributed by atoms with Crippen LogP contribution in [0.1, 0.15) is 35.6 Å². The first-order valence-electron chi connectivity index (χ1n) is 10.4. The Bertz CT molecular complexity index is 1170. The van der Waals surface area contributed by atoms with E-state index in [2.05, 4.69) is 24.3 Å². The van der Waals surface area contributed by atoms with Gasteiger partial charge in [-0.05, 0) is 78.1 Å². The SMILES string of the molecule is O=C1/C(=C\c2ccc(Cl)cc2)SC(=Nc2ccccc2)N1C1CCCc2ccccc21. The molecule has 2 aliphatic rings. The van der Waals surface area contributed by atoms with E-state index in [1.54, 1.807) is 0 Å². The highest BCUT2D eigenvalue weighted by Crippen LogP contribution is 2.43. The minimum absolute atomic E-state index is 0.00327. The lowest BCUT2D eigenvalue weighted by Gasteiger charge is -2.32. The number of amides is 1. The maximum absolute atomic E-state index is 13.6. The molecule has 31 heavy (non-hydrogen) atoms. The van der Waals surface area contributed by atoms with Gasteiger partial charge in [0.15, 0.2) is 5.17 Å². The molecular weight excluding hydrogens is 424 g/mol. The minimum atomic E-state index is 0.00327. The smallest absolute Gasteiger partial charge is 0.267 e. The number of carbonyl (C=O) groups excluding carboxylic acids is 1. The quantitative estimate of drug-likeness (QED) is 0.406. The molecule has 0 radical (unpaired) electrons. The van der Waals surface area contributed by atoms with E-state index in [4.69, 9.17) is 16.6 Å². The van der Waals surface area contributed by atoms with Crippen molar-refractivity contribution in [2.45, 2.75) is 25.3 Å². The number of fused-ring (bicyclic) bond motifs is 1. The van der Waals surface area contributed by atoms with Crippen molar-refractivity contribution in [3.8, 4) is 0 Å². The van der Waals surface area contributed by atoms with E-state index in [1.165, 1.54) is 22.9 Å². The number of para-hydroxylation sites is 1. The number of amidine groups is 1. The van der Waals surface area contributed by atoms with Gasteiger partial charge in [0.1, 0.15) is 0 Å². The number of hydrogen-bond donors (Lipinski definition) is 0. The third kappa shape index (κ3) is 4.18. The lowest BCUT2D eigenvalue weighted by Crippen LogP contribution is -2.35. The van der Waals surface area contributed by atoms with E-state index < -0.39 is 0 Å². The third-order valence-electron chi connectivity index (χ3n) is 5.64. The van der Waals surface area contributed by atoms with Crippen molar-refractivity contribution in [3.05, 3.63) is 105 Å². The Morgan fingerprint density at radius 1 is 0.968 bits per heavy atom. The van der Waals surface area contributed by atoms with Crippen molar-refractivity contribution in [2.24, 2.45) is 4.99 Å². The molecule has 5 heteroatoms. The zero-order valence-corrected chi connectivity index (χ0v) is 18.4. The summed E-state index contributed by atoms with van der Waals surface area (Å²) in [6.45, 7) is 0. The van der Waals surface area contributed by atoms with Crippen LogP contribution in [-0.2, 0) is 11.2 Å². The van der Waals surface area contributed by atoms with Crippen LogP contribution in [0.5, 0.6) is 0 Å². The molecule has 1 heterocycles. The fourth-order valence-electron chi connectivity index (χ4n) is 4.16. The van der Waals surface area contributed by atoms with Crippen LogP contribution in [0.4, 0.5) is 5.69 Å². The molecule has 0 spiro atoms. The predicted molar refractivity (Wildman–Crippen MR) is 130 cm³/mol. The van der Waals surface area contributed by atoms with E-state index in [1.807, 2.05) is 65.6 Å². The Labute approximate surface area is 191 Å². The Morgan fingerprint density at radius 2 is 1.71 bits per heavy atom. The van der Waals surface area contributed by atoms with Crippen molar-refractivity contribution in [1.82, 2.24) is 4.90 Å². The molecule has 0 bridgehead atoms. The lowest BCUT2D eigenvalue weighted by molar-refractivity contribution is -0.124. The molecule has 0 aromatic heterocycles. The number of thioether (sulfide) groups is 1. The van der Waals surface area contributed by atoms with Crippen LogP contribution in [0.2, 0.25) is 5.02 Å².